The quantitative estimate of drug-likeness (QED) is 0.838. The fraction of sp³-hybridized carbons (Fsp3) is 0.0909. The highest BCUT2D eigenvalue weighted by Gasteiger charge is 2.26. The van der Waals surface area contributed by atoms with Crippen LogP contribution < -0.4 is 15.2 Å². The van der Waals surface area contributed by atoms with Gasteiger partial charge in [-0.1, -0.05) is 16.8 Å². The molecule has 1 aliphatic rings. The summed E-state index contributed by atoms with van der Waals surface area (Å²) in [6.07, 6.45) is 0.619. The maximum atomic E-state index is 11.0. The molecule has 1 aliphatic heterocycles. The summed E-state index contributed by atoms with van der Waals surface area (Å²) in [5, 5.41) is 3.83. The Kier molecular flexibility index (Phi) is 2.38. The monoisotopic (exact) mass is 266 g/mol. The second-order valence-corrected chi connectivity index (χ2v) is 4.03. The van der Waals surface area contributed by atoms with Gasteiger partial charge in [-0.25, -0.2) is 0 Å². The van der Waals surface area contributed by atoms with Gasteiger partial charge < -0.3 is 19.7 Å². The van der Waals surface area contributed by atoms with Crippen molar-refractivity contribution in [1.82, 2.24) is 5.16 Å². The van der Waals surface area contributed by atoms with Gasteiger partial charge in [0.05, 0.1) is 16.1 Å². The second kappa shape index (κ2) is 3.92. The van der Waals surface area contributed by atoms with E-state index in [1.54, 1.807) is 6.07 Å². The Hall–Kier alpha value is -2.21. The molecular formula is C11H7ClN2O4. The molecule has 0 saturated carbocycles. The average molecular weight is 267 g/mol. The first-order valence-corrected chi connectivity index (χ1v) is 5.38. The Balaban J connectivity index is 2.25. The van der Waals surface area contributed by atoms with E-state index in [-0.39, 0.29) is 23.2 Å². The molecule has 0 spiro atoms. The molecule has 0 bridgehead atoms. The molecule has 2 N–H and O–H groups in total. The summed E-state index contributed by atoms with van der Waals surface area (Å²) >= 11 is 6.01. The van der Waals surface area contributed by atoms with Crippen LogP contribution in [0.15, 0.2) is 16.7 Å². The molecule has 92 valence electrons. The molecule has 1 aromatic carbocycles. The minimum atomic E-state index is 0.0210. The number of nitrogen functional groups attached to an aromatic ring is 1. The summed E-state index contributed by atoms with van der Waals surface area (Å²) in [5.41, 5.74) is 6.28. The minimum Gasteiger partial charge on any atom is -0.453 e. The van der Waals surface area contributed by atoms with E-state index in [9.17, 15) is 4.79 Å². The SMILES string of the molecule is Nc1cc(-c2cc(Cl)c(C=O)c3c2OCO3)on1. The Morgan fingerprint density at radius 3 is 2.78 bits per heavy atom. The lowest BCUT2D eigenvalue weighted by molar-refractivity contribution is 0.111. The second-order valence-electron chi connectivity index (χ2n) is 3.62. The minimum absolute atomic E-state index is 0.0210. The number of aldehydes is 1. The molecule has 0 aliphatic carbocycles. The molecule has 18 heavy (non-hydrogen) atoms. The number of hydrogen-bond donors (Lipinski definition) is 1. The van der Waals surface area contributed by atoms with Crippen LogP contribution in [0.4, 0.5) is 5.82 Å². The molecule has 0 saturated heterocycles. The van der Waals surface area contributed by atoms with Crippen molar-refractivity contribution in [2.75, 3.05) is 12.5 Å². The van der Waals surface area contributed by atoms with Gasteiger partial charge in [-0.3, -0.25) is 4.79 Å². The number of hydrogen-bond acceptors (Lipinski definition) is 6. The van der Waals surface area contributed by atoms with Crippen molar-refractivity contribution in [3.63, 3.8) is 0 Å². The summed E-state index contributed by atoms with van der Waals surface area (Å²) in [4.78, 5) is 11.0. The van der Waals surface area contributed by atoms with Crippen molar-refractivity contribution in [3.05, 3.63) is 22.7 Å². The van der Waals surface area contributed by atoms with Crippen molar-refractivity contribution in [2.45, 2.75) is 0 Å². The van der Waals surface area contributed by atoms with Crippen molar-refractivity contribution in [1.29, 1.82) is 0 Å². The number of anilines is 1. The van der Waals surface area contributed by atoms with Crippen LogP contribution in [-0.2, 0) is 0 Å². The third kappa shape index (κ3) is 1.50. The van der Waals surface area contributed by atoms with Gasteiger partial charge >= 0.3 is 0 Å². The predicted molar refractivity (Wildman–Crippen MR) is 62.9 cm³/mol. The van der Waals surface area contributed by atoms with Crippen LogP contribution >= 0.6 is 11.6 Å². The Morgan fingerprint density at radius 2 is 2.11 bits per heavy atom. The molecule has 2 heterocycles. The molecule has 0 fully saturated rings. The highest BCUT2D eigenvalue weighted by Crippen LogP contribution is 2.46. The van der Waals surface area contributed by atoms with Gasteiger partial charge in [0.25, 0.3) is 0 Å². The average Bonchev–Trinajstić information content (AvgIpc) is 2.97. The zero-order valence-corrected chi connectivity index (χ0v) is 9.73. The standard InChI is InChI=1S/C11H7ClN2O4/c12-7-1-5(8-2-9(13)14-18-8)10-11(6(7)3-15)17-4-16-10/h1-3H,4H2,(H2,13,14). The smallest absolute Gasteiger partial charge is 0.231 e. The number of nitrogens with zero attached hydrogens (tertiary/aromatic N) is 1. The fourth-order valence-corrected chi connectivity index (χ4v) is 2.01. The lowest BCUT2D eigenvalue weighted by Crippen LogP contribution is -1.94. The number of fused-ring (bicyclic) bond motifs is 1. The maximum Gasteiger partial charge on any atom is 0.231 e. The van der Waals surface area contributed by atoms with E-state index in [0.29, 0.717) is 29.1 Å². The van der Waals surface area contributed by atoms with E-state index in [4.69, 9.17) is 31.3 Å². The van der Waals surface area contributed by atoms with E-state index in [0.717, 1.165) is 0 Å². The van der Waals surface area contributed by atoms with Crippen molar-refractivity contribution >= 4 is 23.7 Å². The molecule has 7 heteroatoms. The summed E-state index contributed by atoms with van der Waals surface area (Å²) in [7, 11) is 0. The Morgan fingerprint density at radius 1 is 1.33 bits per heavy atom. The number of carbonyl (C=O) groups excluding carboxylic acids is 1. The third-order valence-electron chi connectivity index (χ3n) is 2.54. The number of carbonyl (C=O) groups is 1. The number of halogens is 1. The number of nitrogens with two attached hydrogens (primary N) is 1. The van der Waals surface area contributed by atoms with Gasteiger partial charge in [-0.05, 0) is 6.07 Å². The largest absolute Gasteiger partial charge is 0.453 e. The maximum absolute atomic E-state index is 11.0. The van der Waals surface area contributed by atoms with Crippen LogP contribution in [0.5, 0.6) is 11.5 Å². The van der Waals surface area contributed by atoms with Gasteiger partial charge in [0.15, 0.2) is 29.4 Å². The zero-order valence-electron chi connectivity index (χ0n) is 8.97. The molecule has 0 atom stereocenters. The summed E-state index contributed by atoms with van der Waals surface area (Å²) < 4.78 is 15.6. The normalized spacial score (nSPS) is 12.7. The van der Waals surface area contributed by atoms with Crippen LogP contribution in [-0.4, -0.2) is 18.2 Å². The van der Waals surface area contributed by atoms with Gasteiger partial charge in [0.1, 0.15) is 0 Å². The van der Waals surface area contributed by atoms with E-state index in [2.05, 4.69) is 5.16 Å². The van der Waals surface area contributed by atoms with Crippen LogP contribution in [0.3, 0.4) is 0 Å². The van der Waals surface area contributed by atoms with E-state index in [1.165, 1.54) is 6.07 Å². The van der Waals surface area contributed by atoms with Gasteiger partial charge in [0, 0.05) is 6.07 Å². The number of aromatic nitrogens is 1. The van der Waals surface area contributed by atoms with Crippen molar-refractivity contribution in [3.8, 4) is 22.8 Å². The topological polar surface area (TPSA) is 87.6 Å². The van der Waals surface area contributed by atoms with Gasteiger partial charge in [-0.15, -0.1) is 0 Å². The first-order valence-electron chi connectivity index (χ1n) is 5.00. The molecule has 0 radical (unpaired) electrons. The highest BCUT2D eigenvalue weighted by molar-refractivity contribution is 6.33. The van der Waals surface area contributed by atoms with E-state index >= 15 is 0 Å². The van der Waals surface area contributed by atoms with Gasteiger partial charge in [0.2, 0.25) is 6.79 Å². The number of rotatable bonds is 2. The van der Waals surface area contributed by atoms with Gasteiger partial charge in [-0.2, -0.15) is 0 Å². The summed E-state index contributed by atoms with van der Waals surface area (Å²) in [6.45, 7) is 0.0210. The zero-order chi connectivity index (χ0) is 12.7. The van der Waals surface area contributed by atoms with Crippen molar-refractivity contribution in [2.24, 2.45) is 0 Å². The predicted octanol–water partition coefficient (Wildman–Crippen LogP) is 2.12. The number of benzene rings is 1. The molecule has 2 aromatic rings. The molecule has 1 aromatic heterocycles. The first kappa shape index (κ1) is 10.9. The van der Waals surface area contributed by atoms with Crippen LogP contribution in [0.1, 0.15) is 10.4 Å². The first-order chi connectivity index (χ1) is 8.70. The molecule has 3 rings (SSSR count). The molecule has 6 nitrogen and oxygen atoms in total. The number of ether oxygens (including phenoxy) is 2. The fourth-order valence-electron chi connectivity index (χ4n) is 1.77. The summed E-state index contributed by atoms with van der Waals surface area (Å²) in [5.74, 6) is 1.35. The van der Waals surface area contributed by atoms with Crippen LogP contribution in [0, 0.1) is 0 Å². The van der Waals surface area contributed by atoms with Crippen LogP contribution in [0.2, 0.25) is 5.02 Å². The van der Waals surface area contributed by atoms with Crippen molar-refractivity contribution < 1.29 is 18.8 Å². The lowest BCUT2D eigenvalue weighted by atomic mass is 10.1. The summed E-state index contributed by atoms with van der Waals surface area (Å²) in [6, 6.07) is 3.09. The molecule has 0 amide bonds. The molecule has 0 unspecified atom stereocenters. The van der Waals surface area contributed by atoms with E-state index in [1.807, 2.05) is 0 Å². The van der Waals surface area contributed by atoms with Crippen LogP contribution in [0.25, 0.3) is 11.3 Å². The lowest BCUT2D eigenvalue weighted by Gasteiger charge is -2.06. The third-order valence-corrected chi connectivity index (χ3v) is 2.85. The van der Waals surface area contributed by atoms with E-state index < -0.39 is 0 Å². The Labute approximate surface area is 106 Å². The molecular weight excluding hydrogens is 260 g/mol. The highest BCUT2D eigenvalue weighted by atomic mass is 35.5. The Bertz CT molecular complexity index is 638.